The van der Waals surface area contributed by atoms with Crippen LogP contribution in [0.5, 0.6) is 0 Å². The van der Waals surface area contributed by atoms with Crippen LogP contribution < -0.4 is 15.5 Å². The average Bonchev–Trinajstić information content (AvgIpc) is 2.71. The van der Waals surface area contributed by atoms with Crippen molar-refractivity contribution in [1.29, 1.82) is 0 Å². The van der Waals surface area contributed by atoms with Crippen molar-refractivity contribution in [2.45, 2.75) is 46.5 Å². The van der Waals surface area contributed by atoms with Crippen molar-refractivity contribution in [3.8, 4) is 0 Å². The summed E-state index contributed by atoms with van der Waals surface area (Å²) in [5.41, 5.74) is 6.58. The topological polar surface area (TPSA) is 61.4 Å². The molecule has 5 heteroatoms. The van der Waals surface area contributed by atoms with E-state index in [4.69, 9.17) is 0 Å². The third-order valence-electron chi connectivity index (χ3n) is 5.40. The van der Waals surface area contributed by atoms with E-state index in [-0.39, 0.29) is 0 Å². The van der Waals surface area contributed by atoms with Crippen LogP contribution in [0.2, 0.25) is 0 Å². The lowest BCUT2D eigenvalue weighted by molar-refractivity contribution is -0.136. The first-order valence-electron chi connectivity index (χ1n) is 10.5. The van der Waals surface area contributed by atoms with Crippen molar-refractivity contribution in [1.82, 2.24) is 5.32 Å². The molecule has 0 spiro atoms. The van der Waals surface area contributed by atoms with Crippen molar-refractivity contribution in [2.75, 3.05) is 29.9 Å². The number of amides is 2. The third-order valence-corrected chi connectivity index (χ3v) is 5.40. The Bertz CT molecular complexity index is 892. The number of nitrogens with zero attached hydrogens (tertiary/aromatic N) is 1. The van der Waals surface area contributed by atoms with Gasteiger partial charge in [-0.25, -0.2) is 0 Å². The van der Waals surface area contributed by atoms with Gasteiger partial charge >= 0.3 is 11.8 Å². The molecule has 2 N–H and O–H groups in total. The Morgan fingerprint density at radius 3 is 2.69 bits per heavy atom. The summed E-state index contributed by atoms with van der Waals surface area (Å²) in [6.45, 7) is 8.74. The normalized spacial score (nSPS) is 13.0. The molecule has 0 bridgehead atoms. The van der Waals surface area contributed by atoms with Gasteiger partial charge in [0.2, 0.25) is 0 Å². The van der Waals surface area contributed by atoms with Gasteiger partial charge in [0, 0.05) is 31.0 Å². The Morgan fingerprint density at radius 2 is 1.90 bits per heavy atom. The predicted octanol–water partition coefficient (Wildman–Crippen LogP) is 3.76. The maximum absolute atomic E-state index is 12.2. The molecule has 29 heavy (non-hydrogen) atoms. The highest BCUT2D eigenvalue weighted by Crippen LogP contribution is 2.28. The van der Waals surface area contributed by atoms with E-state index in [1.807, 2.05) is 32.0 Å². The van der Waals surface area contributed by atoms with E-state index < -0.39 is 11.8 Å². The Hall–Kier alpha value is -2.82. The minimum atomic E-state index is -0.626. The van der Waals surface area contributed by atoms with Gasteiger partial charge in [-0.05, 0) is 73.9 Å². The predicted molar refractivity (Wildman–Crippen MR) is 119 cm³/mol. The number of aryl methyl sites for hydroxylation is 3. The highest BCUT2D eigenvalue weighted by molar-refractivity contribution is 6.39. The van der Waals surface area contributed by atoms with Crippen molar-refractivity contribution in [2.24, 2.45) is 0 Å². The van der Waals surface area contributed by atoms with Crippen LogP contribution in [0.1, 0.15) is 42.0 Å². The smallest absolute Gasteiger partial charge is 0.313 e. The summed E-state index contributed by atoms with van der Waals surface area (Å²) in [6, 6.07) is 12.4. The molecule has 0 saturated heterocycles. The molecule has 0 radical (unpaired) electrons. The van der Waals surface area contributed by atoms with Gasteiger partial charge in [0.15, 0.2) is 0 Å². The van der Waals surface area contributed by atoms with Crippen molar-refractivity contribution in [3.05, 3.63) is 58.7 Å². The maximum atomic E-state index is 12.2. The number of fused-ring (bicyclic) bond motifs is 1. The summed E-state index contributed by atoms with van der Waals surface area (Å²) in [6.07, 6.45) is 4.15. The molecule has 1 aliphatic heterocycles. The molecule has 0 aromatic heterocycles. The van der Waals surface area contributed by atoms with Crippen LogP contribution in [-0.4, -0.2) is 31.4 Å². The van der Waals surface area contributed by atoms with Crippen LogP contribution >= 0.6 is 0 Å². The molecular formula is C24H31N3O2. The second kappa shape index (κ2) is 9.59. The quantitative estimate of drug-likeness (QED) is 0.735. The zero-order valence-electron chi connectivity index (χ0n) is 17.7. The van der Waals surface area contributed by atoms with E-state index in [0.717, 1.165) is 37.1 Å². The molecule has 5 nitrogen and oxygen atoms in total. The average molecular weight is 394 g/mol. The Kier molecular flexibility index (Phi) is 6.91. The second-order valence-corrected chi connectivity index (χ2v) is 7.83. The van der Waals surface area contributed by atoms with Gasteiger partial charge in [0.1, 0.15) is 0 Å². The maximum Gasteiger partial charge on any atom is 0.313 e. The fraction of sp³-hybridized carbons (Fsp3) is 0.417. The Labute approximate surface area is 173 Å². The van der Waals surface area contributed by atoms with E-state index in [9.17, 15) is 9.59 Å². The number of nitrogens with one attached hydrogen (secondary N) is 2. The molecule has 2 amide bonds. The molecule has 0 saturated carbocycles. The van der Waals surface area contributed by atoms with Crippen molar-refractivity contribution < 1.29 is 9.59 Å². The number of carbonyl (C=O) groups excluding carboxylic acids is 2. The Morgan fingerprint density at radius 1 is 1.07 bits per heavy atom. The van der Waals surface area contributed by atoms with Gasteiger partial charge in [0.25, 0.3) is 0 Å². The lowest BCUT2D eigenvalue weighted by atomic mass is 9.98. The van der Waals surface area contributed by atoms with Gasteiger partial charge in [-0.2, -0.15) is 0 Å². The molecule has 0 aliphatic carbocycles. The summed E-state index contributed by atoms with van der Waals surface area (Å²) in [7, 11) is 0. The van der Waals surface area contributed by atoms with Crippen LogP contribution in [-0.2, 0) is 22.4 Å². The third kappa shape index (κ3) is 5.37. The van der Waals surface area contributed by atoms with E-state index in [0.29, 0.717) is 18.7 Å². The highest BCUT2D eigenvalue weighted by Gasteiger charge is 2.17. The van der Waals surface area contributed by atoms with Gasteiger partial charge in [-0.15, -0.1) is 0 Å². The fourth-order valence-electron chi connectivity index (χ4n) is 3.84. The number of carbonyl (C=O) groups is 2. The van der Waals surface area contributed by atoms with E-state index in [1.165, 1.54) is 23.2 Å². The van der Waals surface area contributed by atoms with Crippen LogP contribution in [0.25, 0.3) is 0 Å². The van der Waals surface area contributed by atoms with Crippen LogP contribution in [0, 0.1) is 13.8 Å². The minimum Gasteiger partial charge on any atom is -0.371 e. The lowest BCUT2D eigenvalue weighted by Gasteiger charge is -2.31. The molecule has 1 heterocycles. The molecule has 1 aliphatic rings. The van der Waals surface area contributed by atoms with Gasteiger partial charge in [-0.3, -0.25) is 9.59 Å². The molecular weight excluding hydrogens is 362 g/mol. The van der Waals surface area contributed by atoms with Crippen molar-refractivity contribution in [3.63, 3.8) is 0 Å². The van der Waals surface area contributed by atoms with Gasteiger partial charge in [-0.1, -0.05) is 31.2 Å². The van der Waals surface area contributed by atoms with Crippen LogP contribution in [0.15, 0.2) is 36.4 Å². The minimum absolute atomic E-state index is 0.441. The summed E-state index contributed by atoms with van der Waals surface area (Å²) < 4.78 is 0. The van der Waals surface area contributed by atoms with E-state index >= 15 is 0 Å². The summed E-state index contributed by atoms with van der Waals surface area (Å²) in [4.78, 5) is 26.8. The van der Waals surface area contributed by atoms with E-state index in [2.05, 4.69) is 40.7 Å². The summed E-state index contributed by atoms with van der Waals surface area (Å²) >= 11 is 0. The number of rotatable bonds is 6. The largest absolute Gasteiger partial charge is 0.371 e. The van der Waals surface area contributed by atoms with Crippen LogP contribution in [0.3, 0.4) is 0 Å². The molecule has 2 aromatic carbocycles. The lowest BCUT2D eigenvalue weighted by Crippen LogP contribution is -2.36. The molecule has 154 valence electrons. The molecule has 0 atom stereocenters. The zero-order valence-corrected chi connectivity index (χ0v) is 17.7. The standard InChI is InChI=1S/C24H31N3O2/c1-4-13-27-14-5-6-20-16-19(9-10-22(20)27)11-12-25-23(28)24(29)26-21-15-17(2)7-8-18(21)3/h7-10,15-16H,4-6,11-14H2,1-3H3,(H,25,28)(H,26,29). The monoisotopic (exact) mass is 393 g/mol. The number of benzene rings is 2. The molecule has 0 fully saturated rings. The summed E-state index contributed by atoms with van der Waals surface area (Å²) in [5, 5.41) is 5.43. The first kappa shape index (κ1) is 20.9. The number of hydrogen-bond acceptors (Lipinski definition) is 3. The number of hydrogen-bond donors (Lipinski definition) is 2. The SMILES string of the molecule is CCCN1CCCc2cc(CCNC(=O)C(=O)Nc3cc(C)ccc3C)ccc21. The highest BCUT2D eigenvalue weighted by atomic mass is 16.2. The molecule has 3 rings (SSSR count). The Balaban J connectivity index is 1.52. The van der Waals surface area contributed by atoms with Gasteiger partial charge < -0.3 is 15.5 Å². The zero-order chi connectivity index (χ0) is 20.8. The fourth-order valence-corrected chi connectivity index (χ4v) is 3.84. The number of anilines is 2. The van der Waals surface area contributed by atoms with Gasteiger partial charge in [0.05, 0.1) is 0 Å². The second-order valence-electron chi connectivity index (χ2n) is 7.83. The summed E-state index contributed by atoms with van der Waals surface area (Å²) in [5.74, 6) is -1.22. The first-order valence-corrected chi connectivity index (χ1v) is 10.5. The molecule has 2 aromatic rings. The van der Waals surface area contributed by atoms with Crippen LogP contribution in [0.4, 0.5) is 11.4 Å². The van der Waals surface area contributed by atoms with Crippen molar-refractivity contribution >= 4 is 23.2 Å². The molecule has 0 unspecified atom stereocenters. The first-order chi connectivity index (χ1) is 14.0. The van der Waals surface area contributed by atoms with E-state index in [1.54, 1.807) is 0 Å².